The number of halogens is 4. The maximum Gasteiger partial charge on any atom is 0.418 e. The minimum atomic E-state index is -4.83. The van der Waals surface area contributed by atoms with Gasteiger partial charge in [0, 0.05) is 43.6 Å². The molecular formula is C30H32F4N4O7S. The van der Waals surface area contributed by atoms with Gasteiger partial charge in [-0.3, -0.25) is 9.59 Å². The van der Waals surface area contributed by atoms with Crippen LogP contribution in [-0.2, 0) is 42.7 Å². The Morgan fingerprint density at radius 3 is 2.50 bits per heavy atom. The van der Waals surface area contributed by atoms with E-state index >= 15 is 0 Å². The Labute approximate surface area is 262 Å². The number of benzene rings is 2. The van der Waals surface area contributed by atoms with Gasteiger partial charge >= 0.3 is 18.3 Å². The van der Waals surface area contributed by atoms with Crippen LogP contribution in [0.2, 0.25) is 0 Å². The molecule has 1 aliphatic carbocycles. The summed E-state index contributed by atoms with van der Waals surface area (Å²) < 4.78 is 83.9. The summed E-state index contributed by atoms with van der Waals surface area (Å²) in [6.45, 7) is -0.346. The topological polar surface area (TPSA) is 133 Å². The van der Waals surface area contributed by atoms with Crippen molar-refractivity contribution in [1.29, 1.82) is 0 Å². The number of nitrogens with zero attached hydrogens (tertiary/aromatic N) is 3. The van der Waals surface area contributed by atoms with Gasteiger partial charge in [0.05, 0.1) is 5.25 Å². The summed E-state index contributed by atoms with van der Waals surface area (Å²) >= 11 is 0. The Balaban J connectivity index is 1.30. The lowest BCUT2D eigenvalue weighted by Crippen LogP contribution is -2.51. The zero-order valence-electron chi connectivity index (χ0n) is 25.0. The first-order valence-corrected chi connectivity index (χ1v) is 16.5. The Kier molecular flexibility index (Phi) is 8.79. The van der Waals surface area contributed by atoms with E-state index in [4.69, 9.17) is 4.74 Å². The molecule has 0 radical (unpaired) electrons. The van der Waals surface area contributed by atoms with Crippen LogP contribution < -0.4 is 5.32 Å². The summed E-state index contributed by atoms with van der Waals surface area (Å²) in [5, 5.41) is 2.08. The number of carbonyl (C=O) groups excluding carboxylic acids is 4. The Morgan fingerprint density at radius 1 is 1.15 bits per heavy atom. The summed E-state index contributed by atoms with van der Waals surface area (Å²) in [5.41, 5.74) is -0.323. The van der Waals surface area contributed by atoms with E-state index in [1.165, 1.54) is 29.2 Å². The fourth-order valence-electron chi connectivity index (χ4n) is 6.04. The van der Waals surface area contributed by atoms with Gasteiger partial charge in [0.2, 0.25) is 11.5 Å². The van der Waals surface area contributed by atoms with Crippen molar-refractivity contribution in [3.05, 3.63) is 65.0 Å². The SMILES string of the molecule is C[C@H](N(Cc1ccc(F)cc1)C(=O)CN1C(=O)O[C@@]2(CCc3cc(NC(=O)N4CCCC(S(C)(=O)=O)C4)ccc32)C1=O)C(F)(F)F. The molecule has 1 unspecified atom stereocenters. The van der Waals surface area contributed by atoms with Crippen LogP contribution in [0, 0.1) is 5.82 Å². The molecule has 2 aromatic carbocycles. The molecule has 16 heteroatoms. The molecule has 2 aromatic rings. The second-order valence-corrected chi connectivity index (χ2v) is 14.1. The lowest BCUT2D eigenvalue weighted by Gasteiger charge is -2.32. The maximum absolute atomic E-state index is 13.7. The molecule has 248 valence electrons. The summed E-state index contributed by atoms with van der Waals surface area (Å²) in [6, 6.07) is 6.35. The summed E-state index contributed by atoms with van der Waals surface area (Å²) in [6.07, 6.45) is -3.62. The number of hydrogen-bond acceptors (Lipinski definition) is 7. The van der Waals surface area contributed by atoms with Gasteiger partial charge in [-0.15, -0.1) is 0 Å². The zero-order chi connectivity index (χ0) is 33.6. The van der Waals surface area contributed by atoms with Crippen LogP contribution in [0.1, 0.15) is 42.9 Å². The number of imide groups is 1. The first kappa shape index (κ1) is 33.2. The van der Waals surface area contributed by atoms with Crippen molar-refractivity contribution in [3.63, 3.8) is 0 Å². The van der Waals surface area contributed by atoms with Crippen molar-refractivity contribution in [3.8, 4) is 0 Å². The molecule has 11 nitrogen and oxygen atoms in total. The number of nitrogens with one attached hydrogen (secondary N) is 1. The van der Waals surface area contributed by atoms with Crippen molar-refractivity contribution in [2.75, 3.05) is 31.2 Å². The van der Waals surface area contributed by atoms with Gasteiger partial charge in [-0.05, 0) is 61.6 Å². The van der Waals surface area contributed by atoms with Crippen molar-refractivity contribution < 1.29 is 49.9 Å². The van der Waals surface area contributed by atoms with E-state index in [0.717, 1.165) is 25.3 Å². The molecule has 2 heterocycles. The number of sulfone groups is 1. The average Bonchev–Trinajstić information content (AvgIpc) is 3.47. The van der Waals surface area contributed by atoms with Crippen LogP contribution in [0.25, 0.3) is 0 Å². The van der Waals surface area contributed by atoms with Gasteiger partial charge in [-0.2, -0.15) is 13.2 Å². The first-order valence-electron chi connectivity index (χ1n) is 14.5. The molecule has 1 spiro atoms. The molecule has 0 aromatic heterocycles. The number of rotatable bonds is 7. The monoisotopic (exact) mass is 668 g/mol. The minimum absolute atomic E-state index is 0.00933. The molecule has 2 fully saturated rings. The van der Waals surface area contributed by atoms with Crippen LogP contribution in [0.5, 0.6) is 0 Å². The third-order valence-electron chi connectivity index (χ3n) is 8.70. The number of likely N-dealkylation sites (tertiary alicyclic amines) is 1. The van der Waals surface area contributed by atoms with Crippen molar-refractivity contribution >= 4 is 39.5 Å². The minimum Gasteiger partial charge on any atom is -0.427 e. The average molecular weight is 669 g/mol. The van der Waals surface area contributed by atoms with E-state index in [1.54, 1.807) is 6.07 Å². The predicted octanol–water partition coefficient (Wildman–Crippen LogP) is 3.97. The highest BCUT2D eigenvalue weighted by Crippen LogP contribution is 2.46. The van der Waals surface area contributed by atoms with E-state index < -0.39 is 75.8 Å². The fraction of sp³-hybridized carbons (Fsp3) is 0.467. The van der Waals surface area contributed by atoms with Crippen molar-refractivity contribution in [2.45, 2.75) is 62.2 Å². The third-order valence-corrected chi connectivity index (χ3v) is 10.3. The number of amides is 5. The first-order chi connectivity index (χ1) is 21.5. The fourth-order valence-corrected chi connectivity index (χ4v) is 7.08. The molecule has 5 amide bonds. The second-order valence-electron chi connectivity index (χ2n) is 11.8. The molecule has 3 atom stereocenters. The maximum atomic E-state index is 13.7. The molecule has 46 heavy (non-hydrogen) atoms. The lowest BCUT2D eigenvalue weighted by atomic mass is 9.94. The number of alkyl halides is 3. The molecule has 5 rings (SSSR count). The quantitative estimate of drug-likeness (QED) is 0.442. The van der Waals surface area contributed by atoms with E-state index in [1.807, 2.05) is 0 Å². The van der Waals surface area contributed by atoms with Crippen LogP contribution >= 0.6 is 0 Å². The van der Waals surface area contributed by atoms with Gasteiger partial charge < -0.3 is 19.9 Å². The highest BCUT2D eigenvalue weighted by Gasteiger charge is 2.58. The zero-order valence-corrected chi connectivity index (χ0v) is 25.8. The van der Waals surface area contributed by atoms with E-state index in [2.05, 4.69) is 5.32 Å². The number of anilines is 1. The molecular weight excluding hydrogens is 636 g/mol. The van der Waals surface area contributed by atoms with Crippen molar-refractivity contribution in [1.82, 2.24) is 14.7 Å². The van der Waals surface area contributed by atoms with E-state index in [9.17, 15) is 45.2 Å². The predicted molar refractivity (Wildman–Crippen MR) is 156 cm³/mol. The van der Waals surface area contributed by atoms with E-state index in [-0.39, 0.29) is 24.9 Å². The molecule has 2 saturated heterocycles. The number of hydrogen-bond donors (Lipinski definition) is 1. The Bertz CT molecular complexity index is 1670. The van der Waals surface area contributed by atoms with Gasteiger partial charge in [0.25, 0.3) is 5.91 Å². The largest absolute Gasteiger partial charge is 0.427 e. The lowest BCUT2D eigenvalue weighted by molar-refractivity contribution is -0.187. The third kappa shape index (κ3) is 6.52. The van der Waals surface area contributed by atoms with Crippen LogP contribution in [0.3, 0.4) is 0 Å². The van der Waals surface area contributed by atoms with Gasteiger partial charge in [0.1, 0.15) is 18.4 Å². The normalized spacial score (nSPS) is 22.1. The summed E-state index contributed by atoms with van der Waals surface area (Å²) in [5.74, 6) is -2.68. The number of fused-ring (bicyclic) bond motifs is 2. The highest BCUT2D eigenvalue weighted by molar-refractivity contribution is 7.91. The number of carbonyl (C=O) groups is 4. The molecule has 1 N–H and O–H groups in total. The molecule has 3 aliphatic rings. The highest BCUT2D eigenvalue weighted by atomic mass is 32.2. The van der Waals surface area contributed by atoms with Gasteiger partial charge in [0.15, 0.2) is 9.84 Å². The van der Waals surface area contributed by atoms with Gasteiger partial charge in [-0.1, -0.05) is 18.2 Å². The van der Waals surface area contributed by atoms with Crippen LogP contribution in [0.15, 0.2) is 42.5 Å². The standard InChI is InChI=1S/C30H32F4N4O7S/c1-18(30(32,33)34)37(15-19-5-7-21(31)8-6-19)25(39)17-38-26(40)29(45-28(38)42)12-11-20-14-22(9-10-24(20)29)35-27(41)36-13-3-4-23(16-36)46(2,43)44/h5-10,14,18,23H,3-4,11-13,15-17H2,1-2H3,(H,35,41)/t18-,23?,29+/m0/s1. The number of aryl methyl sites for hydroxylation is 1. The Morgan fingerprint density at radius 2 is 1.85 bits per heavy atom. The molecule has 0 saturated carbocycles. The number of piperidine rings is 1. The molecule has 2 aliphatic heterocycles. The van der Waals surface area contributed by atoms with Crippen LogP contribution in [-0.4, -0.2) is 90.4 Å². The van der Waals surface area contributed by atoms with Crippen LogP contribution in [0.4, 0.5) is 32.8 Å². The number of urea groups is 1. The smallest absolute Gasteiger partial charge is 0.418 e. The van der Waals surface area contributed by atoms with Crippen molar-refractivity contribution in [2.24, 2.45) is 0 Å². The molecule has 0 bridgehead atoms. The number of ether oxygens (including phenoxy) is 1. The Hall–Kier alpha value is -4.21. The van der Waals surface area contributed by atoms with Gasteiger partial charge in [-0.25, -0.2) is 27.3 Å². The second kappa shape index (κ2) is 12.2. The van der Waals surface area contributed by atoms with E-state index in [0.29, 0.717) is 46.0 Å². The summed E-state index contributed by atoms with van der Waals surface area (Å²) in [4.78, 5) is 55.0. The summed E-state index contributed by atoms with van der Waals surface area (Å²) in [7, 11) is -3.32.